The van der Waals surface area contributed by atoms with Gasteiger partial charge in [0.25, 0.3) is 0 Å². The minimum atomic E-state index is 0.453. The van der Waals surface area contributed by atoms with E-state index in [4.69, 9.17) is 27.9 Å². The summed E-state index contributed by atoms with van der Waals surface area (Å²) < 4.78 is 6.01. The maximum absolute atomic E-state index is 6.37. The highest BCUT2D eigenvalue weighted by Crippen LogP contribution is 2.33. The Balaban J connectivity index is 1.68. The number of aromatic nitrogens is 1. The minimum Gasteiger partial charge on any atom is -0.487 e. The highest BCUT2D eigenvalue weighted by Gasteiger charge is 2.11. The molecule has 0 bridgehead atoms. The van der Waals surface area contributed by atoms with Crippen LogP contribution in [-0.2, 0) is 19.7 Å². The van der Waals surface area contributed by atoms with Crippen molar-refractivity contribution in [3.05, 3.63) is 93.2 Å². The molecule has 2 aromatic carbocycles. The Labute approximate surface area is 163 Å². The third-order valence-electron chi connectivity index (χ3n) is 3.94. The number of hydrogen-bond donors (Lipinski definition) is 1. The van der Waals surface area contributed by atoms with Crippen molar-refractivity contribution in [1.82, 2.24) is 10.3 Å². The number of nitrogens with one attached hydrogen (secondary N) is 1. The summed E-state index contributed by atoms with van der Waals surface area (Å²) in [6, 6.07) is 17.7. The molecule has 0 atom stereocenters. The Kier molecular flexibility index (Phi) is 6.51. The Morgan fingerprint density at radius 1 is 1.00 bits per heavy atom. The molecule has 0 unspecified atom stereocenters. The van der Waals surface area contributed by atoms with Gasteiger partial charge >= 0.3 is 0 Å². The predicted octanol–water partition coefficient (Wildman–Crippen LogP) is 5.57. The van der Waals surface area contributed by atoms with E-state index in [1.165, 1.54) is 5.56 Å². The highest BCUT2D eigenvalue weighted by molar-refractivity contribution is 6.35. The smallest absolute Gasteiger partial charge is 0.142 e. The number of benzene rings is 2. The molecule has 0 aliphatic heterocycles. The summed E-state index contributed by atoms with van der Waals surface area (Å²) in [5.41, 5.74) is 4.21. The van der Waals surface area contributed by atoms with Crippen molar-refractivity contribution >= 4 is 23.2 Å². The van der Waals surface area contributed by atoms with E-state index in [-0.39, 0.29) is 0 Å². The fraction of sp³-hybridized carbons (Fsp3) is 0.190. The molecular weight excluding hydrogens is 367 g/mol. The van der Waals surface area contributed by atoms with Gasteiger partial charge in [-0.05, 0) is 36.8 Å². The molecular formula is C21H20Cl2N2O. The molecule has 0 aliphatic carbocycles. The quantitative estimate of drug-likeness (QED) is 0.576. The van der Waals surface area contributed by atoms with Gasteiger partial charge in [-0.15, -0.1) is 0 Å². The second kappa shape index (κ2) is 9.04. The van der Waals surface area contributed by atoms with Crippen LogP contribution in [0.5, 0.6) is 5.75 Å². The zero-order chi connectivity index (χ0) is 18.4. The number of pyridine rings is 1. The van der Waals surface area contributed by atoms with E-state index < -0.39 is 0 Å². The molecule has 0 aliphatic rings. The number of aryl methyl sites for hydroxylation is 1. The Hall–Kier alpha value is -2.07. The lowest BCUT2D eigenvalue weighted by Crippen LogP contribution is -2.14. The van der Waals surface area contributed by atoms with Gasteiger partial charge < -0.3 is 10.1 Å². The average molecular weight is 387 g/mol. The van der Waals surface area contributed by atoms with Crippen LogP contribution in [0.3, 0.4) is 0 Å². The third-order valence-corrected chi connectivity index (χ3v) is 4.44. The monoisotopic (exact) mass is 386 g/mol. The van der Waals surface area contributed by atoms with Crippen LogP contribution in [0.2, 0.25) is 10.0 Å². The van der Waals surface area contributed by atoms with Crippen LogP contribution in [0.15, 0.2) is 60.8 Å². The van der Waals surface area contributed by atoms with Gasteiger partial charge in [0, 0.05) is 29.9 Å². The number of ether oxygens (including phenoxy) is 1. The molecule has 0 saturated carbocycles. The van der Waals surface area contributed by atoms with Gasteiger partial charge in [0.15, 0.2) is 0 Å². The maximum atomic E-state index is 6.37. The van der Waals surface area contributed by atoms with Crippen molar-refractivity contribution in [3.8, 4) is 5.75 Å². The fourth-order valence-electron chi connectivity index (χ4n) is 2.57. The molecule has 0 radical (unpaired) electrons. The van der Waals surface area contributed by atoms with E-state index in [9.17, 15) is 0 Å². The molecule has 1 N–H and O–H groups in total. The molecule has 3 nitrogen and oxygen atoms in total. The second-order valence-electron chi connectivity index (χ2n) is 6.07. The van der Waals surface area contributed by atoms with Crippen LogP contribution in [0.4, 0.5) is 0 Å². The van der Waals surface area contributed by atoms with Crippen LogP contribution in [0.25, 0.3) is 0 Å². The Morgan fingerprint density at radius 2 is 1.81 bits per heavy atom. The first-order chi connectivity index (χ1) is 12.6. The summed E-state index contributed by atoms with van der Waals surface area (Å²) >= 11 is 12.5. The topological polar surface area (TPSA) is 34.1 Å². The summed E-state index contributed by atoms with van der Waals surface area (Å²) in [7, 11) is 0. The summed E-state index contributed by atoms with van der Waals surface area (Å²) in [4.78, 5) is 4.30. The van der Waals surface area contributed by atoms with Gasteiger partial charge in [-0.25, -0.2) is 0 Å². The SMILES string of the molecule is Cc1ccc(COc2c(Cl)cc(Cl)cc2CNCc2ccccn2)cc1. The zero-order valence-corrected chi connectivity index (χ0v) is 16.0. The molecule has 1 aromatic heterocycles. The van der Waals surface area contributed by atoms with Gasteiger partial charge in [-0.2, -0.15) is 0 Å². The molecule has 5 heteroatoms. The first kappa shape index (κ1) is 18.7. The van der Waals surface area contributed by atoms with Crippen molar-refractivity contribution < 1.29 is 4.74 Å². The summed E-state index contributed by atoms with van der Waals surface area (Å²) in [5, 5.41) is 4.46. The molecule has 26 heavy (non-hydrogen) atoms. The van der Waals surface area contributed by atoms with Crippen LogP contribution in [0, 0.1) is 6.92 Å². The normalized spacial score (nSPS) is 10.7. The first-order valence-corrected chi connectivity index (χ1v) is 9.14. The highest BCUT2D eigenvalue weighted by atomic mass is 35.5. The zero-order valence-electron chi connectivity index (χ0n) is 14.5. The molecule has 0 amide bonds. The van der Waals surface area contributed by atoms with Crippen LogP contribution < -0.4 is 10.1 Å². The number of rotatable bonds is 7. The van der Waals surface area contributed by atoms with Crippen molar-refractivity contribution in [2.45, 2.75) is 26.6 Å². The molecule has 3 rings (SSSR count). The van der Waals surface area contributed by atoms with Gasteiger partial charge in [-0.1, -0.05) is 59.1 Å². The van der Waals surface area contributed by atoms with E-state index >= 15 is 0 Å². The van der Waals surface area contributed by atoms with Crippen molar-refractivity contribution in [2.24, 2.45) is 0 Å². The standard InChI is InChI=1S/C21H20Cl2N2O/c1-15-5-7-16(8-6-15)14-26-21-17(10-18(22)11-20(21)23)12-24-13-19-4-2-3-9-25-19/h2-11,24H,12-14H2,1H3. The van der Waals surface area contributed by atoms with Crippen LogP contribution in [0.1, 0.15) is 22.4 Å². The maximum Gasteiger partial charge on any atom is 0.142 e. The summed E-state index contributed by atoms with van der Waals surface area (Å²) in [6.45, 7) is 3.75. The van der Waals surface area contributed by atoms with E-state index in [2.05, 4.69) is 41.5 Å². The lowest BCUT2D eigenvalue weighted by atomic mass is 10.1. The molecule has 1 heterocycles. The average Bonchev–Trinajstić information content (AvgIpc) is 2.63. The Morgan fingerprint density at radius 3 is 2.54 bits per heavy atom. The van der Waals surface area contributed by atoms with E-state index in [1.54, 1.807) is 12.3 Å². The third kappa shape index (κ3) is 5.21. The van der Waals surface area contributed by atoms with Crippen LogP contribution in [-0.4, -0.2) is 4.98 Å². The lowest BCUT2D eigenvalue weighted by molar-refractivity contribution is 0.302. The summed E-state index contributed by atoms with van der Waals surface area (Å²) in [6.07, 6.45) is 1.78. The number of hydrogen-bond acceptors (Lipinski definition) is 3. The number of nitrogens with zero attached hydrogens (tertiary/aromatic N) is 1. The minimum absolute atomic E-state index is 0.453. The molecule has 3 aromatic rings. The molecule has 0 spiro atoms. The van der Waals surface area contributed by atoms with E-state index in [0.29, 0.717) is 35.5 Å². The lowest BCUT2D eigenvalue weighted by Gasteiger charge is -2.15. The van der Waals surface area contributed by atoms with Gasteiger partial charge in [0.1, 0.15) is 12.4 Å². The number of halogens is 2. The largest absolute Gasteiger partial charge is 0.487 e. The summed E-state index contributed by atoms with van der Waals surface area (Å²) in [5.74, 6) is 0.658. The molecule has 134 valence electrons. The van der Waals surface area contributed by atoms with Gasteiger partial charge in [-0.3, -0.25) is 4.98 Å². The fourth-order valence-corrected chi connectivity index (χ4v) is 3.16. The molecule has 0 saturated heterocycles. The van der Waals surface area contributed by atoms with Crippen LogP contribution >= 0.6 is 23.2 Å². The van der Waals surface area contributed by atoms with E-state index in [0.717, 1.165) is 16.8 Å². The second-order valence-corrected chi connectivity index (χ2v) is 6.92. The Bertz CT molecular complexity index is 852. The van der Waals surface area contributed by atoms with E-state index in [1.807, 2.05) is 24.3 Å². The predicted molar refractivity (Wildman–Crippen MR) is 107 cm³/mol. The van der Waals surface area contributed by atoms with Gasteiger partial charge in [0.05, 0.1) is 10.7 Å². The molecule has 0 fully saturated rings. The van der Waals surface area contributed by atoms with Gasteiger partial charge in [0.2, 0.25) is 0 Å². The van der Waals surface area contributed by atoms with Crippen molar-refractivity contribution in [2.75, 3.05) is 0 Å². The van der Waals surface area contributed by atoms with Crippen molar-refractivity contribution in [1.29, 1.82) is 0 Å². The first-order valence-electron chi connectivity index (χ1n) is 8.39. The van der Waals surface area contributed by atoms with Crippen molar-refractivity contribution in [3.63, 3.8) is 0 Å².